The van der Waals surface area contributed by atoms with E-state index in [4.69, 9.17) is 9.47 Å². The molecule has 0 radical (unpaired) electrons. The van der Waals surface area contributed by atoms with Crippen molar-refractivity contribution in [3.63, 3.8) is 0 Å². The van der Waals surface area contributed by atoms with E-state index in [-0.39, 0.29) is 23.0 Å². The Bertz CT molecular complexity index is 1290. The van der Waals surface area contributed by atoms with Crippen molar-refractivity contribution < 1.29 is 14.3 Å². The van der Waals surface area contributed by atoms with Crippen LogP contribution in [-0.2, 0) is 10.2 Å². The molecule has 1 saturated heterocycles. The SMILES string of the molecule is C=CCN1CCC2(c3cccc(OC)c3)CC(N(C)C(=O)c3ccc4ccccc4c3)CCC2(OC)C1. The first-order valence-electron chi connectivity index (χ1n) is 13.2. The molecule has 0 N–H and O–H groups in total. The molecule has 3 aromatic carbocycles. The van der Waals surface area contributed by atoms with Gasteiger partial charge in [-0.2, -0.15) is 0 Å². The summed E-state index contributed by atoms with van der Waals surface area (Å²) in [6, 6.07) is 22.8. The molecule has 1 aliphatic carbocycles. The van der Waals surface area contributed by atoms with Crippen LogP contribution in [0.4, 0.5) is 0 Å². The van der Waals surface area contributed by atoms with E-state index in [0.717, 1.165) is 67.4 Å². The zero-order chi connectivity index (χ0) is 26.0. The average Bonchev–Trinajstić information content (AvgIpc) is 2.95. The number of benzene rings is 3. The van der Waals surface area contributed by atoms with Gasteiger partial charge in [-0.1, -0.05) is 48.5 Å². The molecule has 2 aliphatic rings. The van der Waals surface area contributed by atoms with Crippen molar-refractivity contribution in [3.05, 3.63) is 90.5 Å². The fraction of sp³-hybridized carbons (Fsp3) is 0.406. The van der Waals surface area contributed by atoms with E-state index in [1.165, 1.54) is 5.56 Å². The number of ether oxygens (including phenoxy) is 2. The van der Waals surface area contributed by atoms with Gasteiger partial charge in [-0.25, -0.2) is 0 Å². The van der Waals surface area contributed by atoms with Gasteiger partial charge in [-0.05, 0) is 72.8 Å². The number of nitrogens with zero attached hydrogens (tertiary/aromatic N) is 2. The van der Waals surface area contributed by atoms with E-state index in [1.54, 1.807) is 7.11 Å². The van der Waals surface area contributed by atoms with Crippen molar-refractivity contribution in [1.29, 1.82) is 0 Å². The van der Waals surface area contributed by atoms with Gasteiger partial charge < -0.3 is 14.4 Å². The molecular weight excluding hydrogens is 460 g/mol. The lowest BCUT2D eigenvalue weighted by molar-refractivity contribution is -0.151. The van der Waals surface area contributed by atoms with Crippen molar-refractivity contribution in [2.45, 2.75) is 42.7 Å². The zero-order valence-electron chi connectivity index (χ0n) is 22.3. The molecule has 194 valence electrons. The van der Waals surface area contributed by atoms with E-state index in [9.17, 15) is 4.79 Å². The van der Waals surface area contributed by atoms with Crippen LogP contribution in [0.15, 0.2) is 79.4 Å². The Morgan fingerprint density at radius 1 is 1.08 bits per heavy atom. The van der Waals surface area contributed by atoms with Crippen LogP contribution in [0.5, 0.6) is 5.75 Å². The minimum absolute atomic E-state index is 0.0746. The highest BCUT2D eigenvalue weighted by Gasteiger charge is 2.59. The number of rotatable bonds is 7. The number of likely N-dealkylation sites (tertiary alicyclic amines) is 1. The second-order valence-electron chi connectivity index (χ2n) is 10.7. The van der Waals surface area contributed by atoms with Crippen molar-refractivity contribution in [3.8, 4) is 5.75 Å². The molecule has 1 amide bonds. The molecule has 0 bridgehead atoms. The number of carbonyl (C=O) groups excluding carboxylic acids is 1. The Hall–Kier alpha value is -3.15. The number of fused-ring (bicyclic) bond motifs is 2. The molecule has 1 aliphatic heterocycles. The van der Waals surface area contributed by atoms with Gasteiger partial charge in [0.25, 0.3) is 5.91 Å². The van der Waals surface area contributed by atoms with Crippen LogP contribution in [0, 0.1) is 0 Å². The van der Waals surface area contributed by atoms with Crippen LogP contribution in [0.25, 0.3) is 10.8 Å². The average molecular weight is 499 g/mol. The Morgan fingerprint density at radius 3 is 2.65 bits per heavy atom. The first-order valence-corrected chi connectivity index (χ1v) is 13.2. The molecule has 3 atom stereocenters. The van der Waals surface area contributed by atoms with E-state index < -0.39 is 0 Å². The predicted octanol–water partition coefficient (Wildman–Crippen LogP) is 5.69. The standard InChI is InChI=1S/C32H38N2O3/c1-5-18-34-19-17-31(27-11-8-12-29(21-27)36-3)22-28(15-16-32(31,23-34)37-4)33(2)30(35)26-14-13-24-9-6-7-10-25(24)20-26/h5-14,20-21,28H,1,15-19,22-23H2,2-4H3. The Morgan fingerprint density at radius 2 is 1.89 bits per heavy atom. The summed E-state index contributed by atoms with van der Waals surface area (Å²) in [5.41, 5.74) is 1.41. The number of hydrogen-bond donors (Lipinski definition) is 0. The molecule has 5 heteroatoms. The van der Waals surface area contributed by atoms with Gasteiger partial charge in [-0.3, -0.25) is 9.69 Å². The number of carbonyl (C=O) groups is 1. The van der Waals surface area contributed by atoms with E-state index >= 15 is 0 Å². The summed E-state index contributed by atoms with van der Waals surface area (Å²) < 4.78 is 12.1. The second kappa shape index (κ2) is 10.3. The summed E-state index contributed by atoms with van der Waals surface area (Å²) in [6.45, 7) is 6.63. The Balaban J connectivity index is 1.50. The largest absolute Gasteiger partial charge is 0.497 e. The summed E-state index contributed by atoms with van der Waals surface area (Å²) in [5.74, 6) is 0.929. The minimum atomic E-state index is -0.343. The van der Waals surface area contributed by atoms with Crippen LogP contribution >= 0.6 is 0 Å². The zero-order valence-corrected chi connectivity index (χ0v) is 22.3. The molecule has 37 heavy (non-hydrogen) atoms. The number of hydrogen-bond acceptors (Lipinski definition) is 4. The lowest BCUT2D eigenvalue weighted by atomic mass is 9.55. The first-order chi connectivity index (χ1) is 17.9. The van der Waals surface area contributed by atoms with Gasteiger partial charge in [0.15, 0.2) is 0 Å². The third-order valence-corrected chi connectivity index (χ3v) is 8.94. The number of piperidine rings is 1. The molecule has 5 rings (SSSR count). The van der Waals surface area contributed by atoms with E-state index in [0.29, 0.717) is 0 Å². The first kappa shape index (κ1) is 25.5. The van der Waals surface area contributed by atoms with Crippen LogP contribution in [0.2, 0.25) is 0 Å². The second-order valence-corrected chi connectivity index (χ2v) is 10.7. The maximum Gasteiger partial charge on any atom is 0.253 e. The fourth-order valence-corrected chi connectivity index (χ4v) is 6.85. The molecular formula is C32H38N2O3. The third-order valence-electron chi connectivity index (χ3n) is 8.94. The lowest BCUT2D eigenvalue weighted by Crippen LogP contribution is -2.68. The summed E-state index contributed by atoms with van der Waals surface area (Å²) in [5, 5.41) is 2.23. The van der Waals surface area contributed by atoms with Gasteiger partial charge in [0.2, 0.25) is 0 Å². The van der Waals surface area contributed by atoms with Crippen LogP contribution < -0.4 is 4.74 Å². The van der Waals surface area contributed by atoms with Gasteiger partial charge >= 0.3 is 0 Å². The molecule has 0 aromatic heterocycles. The molecule has 1 saturated carbocycles. The van der Waals surface area contributed by atoms with Gasteiger partial charge in [0, 0.05) is 44.3 Å². The highest BCUT2D eigenvalue weighted by Crippen LogP contribution is 2.54. The van der Waals surface area contributed by atoms with Crippen LogP contribution in [0.3, 0.4) is 0 Å². The lowest BCUT2D eigenvalue weighted by Gasteiger charge is -2.60. The van der Waals surface area contributed by atoms with Crippen LogP contribution in [0.1, 0.15) is 41.6 Å². The highest BCUT2D eigenvalue weighted by molar-refractivity contribution is 5.98. The van der Waals surface area contributed by atoms with Crippen molar-refractivity contribution >= 4 is 16.7 Å². The summed E-state index contributed by atoms with van der Waals surface area (Å²) >= 11 is 0. The normalized spacial score (nSPS) is 25.9. The maximum absolute atomic E-state index is 13.7. The van der Waals surface area contributed by atoms with Crippen molar-refractivity contribution in [2.24, 2.45) is 0 Å². The van der Waals surface area contributed by atoms with Crippen molar-refractivity contribution in [2.75, 3.05) is 40.9 Å². The smallest absolute Gasteiger partial charge is 0.253 e. The highest BCUT2D eigenvalue weighted by atomic mass is 16.5. The Kier molecular flexibility index (Phi) is 7.11. The summed E-state index contributed by atoms with van der Waals surface area (Å²) in [7, 11) is 5.54. The Labute approximate surface area is 220 Å². The summed E-state index contributed by atoms with van der Waals surface area (Å²) in [6.07, 6.45) is 5.57. The minimum Gasteiger partial charge on any atom is -0.497 e. The van der Waals surface area contributed by atoms with E-state index in [1.807, 2.05) is 61.5 Å². The molecule has 1 heterocycles. The molecule has 5 nitrogen and oxygen atoms in total. The number of methoxy groups -OCH3 is 2. The maximum atomic E-state index is 13.7. The third kappa shape index (κ3) is 4.45. The molecule has 3 unspecified atom stereocenters. The quantitative estimate of drug-likeness (QED) is 0.393. The monoisotopic (exact) mass is 498 g/mol. The van der Waals surface area contributed by atoms with Crippen molar-refractivity contribution in [1.82, 2.24) is 9.80 Å². The van der Waals surface area contributed by atoms with Gasteiger partial charge in [-0.15, -0.1) is 6.58 Å². The molecule has 0 spiro atoms. The molecule has 2 fully saturated rings. The fourth-order valence-electron chi connectivity index (χ4n) is 6.85. The molecule has 3 aromatic rings. The number of amides is 1. The summed E-state index contributed by atoms with van der Waals surface area (Å²) in [4.78, 5) is 18.1. The van der Waals surface area contributed by atoms with Gasteiger partial charge in [0.1, 0.15) is 5.75 Å². The topological polar surface area (TPSA) is 42.0 Å². The van der Waals surface area contributed by atoms with Crippen LogP contribution in [-0.4, -0.2) is 68.3 Å². The predicted molar refractivity (Wildman–Crippen MR) is 149 cm³/mol. The van der Waals surface area contributed by atoms with Gasteiger partial charge in [0.05, 0.1) is 12.7 Å². The van der Waals surface area contributed by atoms with E-state index in [2.05, 4.69) is 41.8 Å².